The number of thiophene rings is 2. The number of aliphatic hydroxyl groups is 1. The van der Waals surface area contributed by atoms with E-state index in [2.05, 4.69) is 22.1 Å². The largest absolute Gasteiger partial charge is 0.383 e. The first-order chi connectivity index (χ1) is 7.68. The van der Waals surface area contributed by atoms with Crippen LogP contribution in [-0.2, 0) is 12.1 Å². The second-order valence-electron chi connectivity index (χ2n) is 3.99. The minimum atomic E-state index is -0.774. The molecule has 2 aromatic rings. The fourth-order valence-electron chi connectivity index (χ4n) is 1.52. The molecule has 0 aliphatic carbocycles. The number of hydrogen-bond acceptors (Lipinski definition) is 4. The van der Waals surface area contributed by atoms with Gasteiger partial charge < -0.3 is 10.4 Å². The molecule has 0 saturated heterocycles. The molecular formula is C12H15NOS2. The molecule has 0 spiro atoms. The predicted octanol–water partition coefficient (Wildman–Crippen LogP) is 2.81. The van der Waals surface area contributed by atoms with Crippen molar-refractivity contribution >= 4 is 22.7 Å². The third-order valence-corrected chi connectivity index (χ3v) is 4.29. The van der Waals surface area contributed by atoms with Gasteiger partial charge >= 0.3 is 0 Å². The van der Waals surface area contributed by atoms with Gasteiger partial charge in [-0.3, -0.25) is 0 Å². The van der Waals surface area contributed by atoms with E-state index in [4.69, 9.17) is 0 Å². The van der Waals surface area contributed by atoms with Gasteiger partial charge in [-0.2, -0.15) is 11.3 Å². The lowest BCUT2D eigenvalue weighted by molar-refractivity contribution is 0.0604. The Morgan fingerprint density at radius 2 is 2.25 bits per heavy atom. The molecule has 16 heavy (non-hydrogen) atoms. The summed E-state index contributed by atoms with van der Waals surface area (Å²) in [6.07, 6.45) is 0. The Bertz CT molecular complexity index is 406. The molecular weight excluding hydrogens is 238 g/mol. The molecule has 2 N–H and O–H groups in total. The minimum absolute atomic E-state index is 0.573. The van der Waals surface area contributed by atoms with E-state index in [0.717, 1.165) is 11.4 Å². The molecule has 0 aliphatic rings. The summed E-state index contributed by atoms with van der Waals surface area (Å²) in [4.78, 5) is 1.00. The van der Waals surface area contributed by atoms with Crippen molar-refractivity contribution in [3.8, 4) is 0 Å². The van der Waals surface area contributed by atoms with Crippen LogP contribution in [-0.4, -0.2) is 11.7 Å². The fraction of sp³-hybridized carbons (Fsp3) is 0.333. The van der Waals surface area contributed by atoms with Crippen LogP contribution in [0.5, 0.6) is 0 Å². The SMILES string of the molecule is CC(O)(CNCc1ccsc1)c1cccs1. The monoisotopic (exact) mass is 253 g/mol. The molecule has 0 aliphatic heterocycles. The van der Waals surface area contributed by atoms with E-state index in [-0.39, 0.29) is 0 Å². The van der Waals surface area contributed by atoms with Gasteiger partial charge in [-0.1, -0.05) is 6.07 Å². The summed E-state index contributed by atoms with van der Waals surface area (Å²) in [5, 5.41) is 19.7. The third-order valence-electron chi connectivity index (χ3n) is 2.43. The lowest BCUT2D eigenvalue weighted by Gasteiger charge is -2.22. The first-order valence-electron chi connectivity index (χ1n) is 5.17. The van der Waals surface area contributed by atoms with Gasteiger partial charge in [0.25, 0.3) is 0 Å². The van der Waals surface area contributed by atoms with E-state index >= 15 is 0 Å². The highest BCUT2D eigenvalue weighted by atomic mass is 32.1. The lowest BCUT2D eigenvalue weighted by atomic mass is 10.1. The van der Waals surface area contributed by atoms with Crippen molar-refractivity contribution in [1.29, 1.82) is 0 Å². The van der Waals surface area contributed by atoms with E-state index in [1.807, 2.05) is 24.4 Å². The molecule has 2 heterocycles. The van der Waals surface area contributed by atoms with Crippen molar-refractivity contribution in [2.45, 2.75) is 19.1 Å². The average molecular weight is 253 g/mol. The van der Waals surface area contributed by atoms with Crippen LogP contribution in [0.2, 0.25) is 0 Å². The Labute approximate surface area is 104 Å². The zero-order valence-corrected chi connectivity index (χ0v) is 10.8. The zero-order valence-electron chi connectivity index (χ0n) is 9.14. The molecule has 2 nitrogen and oxygen atoms in total. The second kappa shape index (κ2) is 5.10. The van der Waals surface area contributed by atoms with Crippen molar-refractivity contribution in [2.75, 3.05) is 6.54 Å². The quantitative estimate of drug-likeness (QED) is 0.859. The maximum Gasteiger partial charge on any atom is 0.108 e. The van der Waals surface area contributed by atoms with Crippen LogP contribution in [0, 0.1) is 0 Å². The van der Waals surface area contributed by atoms with E-state index < -0.39 is 5.60 Å². The van der Waals surface area contributed by atoms with Gasteiger partial charge in [0.05, 0.1) is 0 Å². The van der Waals surface area contributed by atoms with Gasteiger partial charge in [0, 0.05) is 18.0 Å². The highest BCUT2D eigenvalue weighted by Crippen LogP contribution is 2.24. The van der Waals surface area contributed by atoms with E-state index in [1.165, 1.54) is 5.56 Å². The summed E-state index contributed by atoms with van der Waals surface area (Å²) in [6, 6.07) is 6.03. The van der Waals surface area contributed by atoms with Crippen molar-refractivity contribution in [2.24, 2.45) is 0 Å². The predicted molar refractivity (Wildman–Crippen MR) is 69.9 cm³/mol. The standard InChI is InChI=1S/C12H15NOS2/c1-12(14,11-3-2-5-16-11)9-13-7-10-4-6-15-8-10/h2-6,8,13-14H,7,9H2,1H3. The normalized spacial score (nSPS) is 14.9. The second-order valence-corrected chi connectivity index (χ2v) is 5.71. The van der Waals surface area contributed by atoms with Crippen LogP contribution >= 0.6 is 22.7 Å². The van der Waals surface area contributed by atoms with Gasteiger partial charge in [0.2, 0.25) is 0 Å². The van der Waals surface area contributed by atoms with Crippen molar-refractivity contribution in [3.63, 3.8) is 0 Å². The molecule has 2 rings (SSSR count). The fourth-order valence-corrected chi connectivity index (χ4v) is 2.97. The molecule has 2 aromatic heterocycles. The van der Waals surface area contributed by atoms with Crippen LogP contribution in [0.1, 0.15) is 17.4 Å². The summed E-state index contributed by atoms with van der Waals surface area (Å²) in [6.45, 7) is 3.23. The molecule has 0 fully saturated rings. The average Bonchev–Trinajstić information content (AvgIpc) is 2.90. The smallest absolute Gasteiger partial charge is 0.108 e. The van der Waals surface area contributed by atoms with Gasteiger partial charge in [-0.05, 0) is 40.8 Å². The van der Waals surface area contributed by atoms with Crippen LogP contribution in [0.4, 0.5) is 0 Å². The third kappa shape index (κ3) is 2.92. The van der Waals surface area contributed by atoms with Crippen LogP contribution < -0.4 is 5.32 Å². The first kappa shape index (κ1) is 11.8. The Morgan fingerprint density at radius 1 is 1.38 bits per heavy atom. The van der Waals surface area contributed by atoms with Crippen molar-refractivity contribution in [1.82, 2.24) is 5.32 Å². The van der Waals surface area contributed by atoms with Gasteiger partial charge in [0.1, 0.15) is 5.60 Å². The maximum atomic E-state index is 10.3. The molecule has 0 radical (unpaired) electrons. The van der Waals surface area contributed by atoms with Gasteiger partial charge in [-0.25, -0.2) is 0 Å². The molecule has 0 aromatic carbocycles. The summed E-state index contributed by atoms with van der Waals surface area (Å²) in [5.41, 5.74) is 0.497. The summed E-state index contributed by atoms with van der Waals surface area (Å²) < 4.78 is 0. The maximum absolute atomic E-state index is 10.3. The van der Waals surface area contributed by atoms with E-state index in [1.54, 1.807) is 22.7 Å². The van der Waals surface area contributed by atoms with Crippen molar-refractivity contribution in [3.05, 3.63) is 44.8 Å². The van der Waals surface area contributed by atoms with E-state index in [9.17, 15) is 5.11 Å². The molecule has 86 valence electrons. The number of rotatable bonds is 5. The van der Waals surface area contributed by atoms with E-state index in [0.29, 0.717) is 6.54 Å². The Hall–Kier alpha value is -0.680. The summed E-state index contributed by atoms with van der Waals surface area (Å²) >= 11 is 3.28. The lowest BCUT2D eigenvalue weighted by Crippen LogP contribution is -2.34. The number of hydrogen-bond donors (Lipinski definition) is 2. The highest BCUT2D eigenvalue weighted by molar-refractivity contribution is 7.10. The van der Waals surface area contributed by atoms with Crippen LogP contribution in [0.15, 0.2) is 34.3 Å². The molecule has 0 bridgehead atoms. The first-order valence-corrected chi connectivity index (χ1v) is 6.99. The Morgan fingerprint density at radius 3 is 2.88 bits per heavy atom. The van der Waals surface area contributed by atoms with Crippen molar-refractivity contribution < 1.29 is 5.11 Å². The molecule has 1 unspecified atom stereocenters. The van der Waals surface area contributed by atoms with Gasteiger partial charge in [0.15, 0.2) is 0 Å². The van der Waals surface area contributed by atoms with Crippen LogP contribution in [0.3, 0.4) is 0 Å². The molecule has 0 amide bonds. The Kier molecular flexibility index (Phi) is 3.76. The van der Waals surface area contributed by atoms with Crippen LogP contribution in [0.25, 0.3) is 0 Å². The topological polar surface area (TPSA) is 32.3 Å². The highest BCUT2D eigenvalue weighted by Gasteiger charge is 2.23. The number of nitrogens with one attached hydrogen (secondary N) is 1. The molecule has 1 atom stereocenters. The zero-order chi connectivity index (χ0) is 11.4. The summed E-state index contributed by atoms with van der Waals surface area (Å²) in [7, 11) is 0. The molecule has 0 saturated carbocycles. The minimum Gasteiger partial charge on any atom is -0.383 e. The Balaban J connectivity index is 1.85. The summed E-state index contributed by atoms with van der Waals surface area (Å²) in [5.74, 6) is 0. The molecule has 4 heteroatoms. The van der Waals surface area contributed by atoms with Gasteiger partial charge in [-0.15, -0.1) is 11.3 Å².